The van der Waals surface area contributed by atoms with E-state index >= 15 is 0 Å². The van der Waals surface area contributed by atoms with E-state index < -0.39 is 0 Å². The van der Waals surface area contributed by atoms with Crippen LogP contribution in [-0.4, -0.2) is 43.0 Å². The van der Waals surface area contributed by atoms with Crippen molar-refractivity contribution in [2.24, 2.45) is 4.99 Å². The van der Waals surface area contributed by atoms with Gasteiger partial charge in [0.1, 0.15) is 5.82 Å². The molecular weight excluding hydrogens is 369 g/mol. The molecule has 6 nitrogen and oxygen atoms in total. The third kappa shape index (κ3) is 5.81. The molecule has 7 heteroatoms. The molecule has 0 aliphatic heterocycles. The number of carbonyl (C=O) groups excluding carboxylic acids is 1. The smallest absolute Gasteiger partial charge is 0.251 e. The molecule has 0 saturated heterocycles. The van der Waals surface area contributed by atoms with Crippen LogP contribution in [0.1, 0.15) is 22.8 Å². The Balaban J connectivity index is 1.48. The van der Waals surface area contributed by atoms with Crippen molar-refractivity contribution in [2.75, 3.05) is 26.2 Å². The van der Waals surface area contributed by atoms with Crippen LogP contribution in [0.4, 0.5) is 4.39 Å². The normalized spacial score (nSPS) is 11.4. The molecule has 0 saturated carbocycles. The highest BCUT2D eigenvalue weighted by Crippen LogP contribution is 2.19. The zero-order valence-electron chi connectivity index (χ0n) is 16.5. The number of nitrogens with one attached hydrogen (secondary N) is 4. The topological polar surface area (TPSA) is 81.3 Å². The number of amides is 1. The third-order valence-corrected chi connectivity index (χ3v) is 4.46. The Morgan fingerprint density at radius 3 is 2.66 bits per heavy atom. The second-order valence-electron chi connectivity index (χ2n) is 6.56. The van der Waals surface area contributed by atoms with E-state index in [0.717, 1.165) is 23.0 Å². The van der Waals surface area contributed by atoms with E-state index in [9.17, 15) is 9.18 Å². The lowest BCUT2D eigenvalue weighted by molar-refractivity contribution is 0.0954. The highest BCUT2D eigenvalue weighted by molar-refractivity contribution is 5.94. The van der Waals surface area contributed by atoms with Gasteiger partial charge < -0.3 is 20.9 Å². The van der Waals surface area contributed by atoms with E-state index in [4.69, 9.17) is 0 Å². The summed E-state index contributed by atoms with van der Waals surface area (Å²) in [7, 11) is 0. The monoisotopic (exact) mass is 395 g/mol. The maximum atomic E-state index is 13.5. The number of hydrogen-bond acceptors (Lipinski definition) is 2. The molecule has 1 heterocycles. The van der Waals surface area contributed by atoms with Crippen molar-refractivity contribution in [2.45, 2.75) is 13.3 Å². The zero-order valence-corrected chi connectivity index (χ0v) is 16.5. The number of guanidine groups is 1. The molecule has 0 atom stereocenters. The van der Waals surface area contributed by atoms with Gasteiger partial charge in [0.25, 0.3) is 5.91 Å². The number of rotatable bonds is 8. The quantitative estimate of drug-likeness (QED) is 0.269. The number of carbonyl (C=O) groups is 1. The lowest BCUT2D eigenvalue weighted by Crippen LogP contribution is -2.41. The summed E-state index contributed by atoms with van der Waals surface area (Å²) in [6.45, 7) is 4.34. The minimum Gasteiger partial charge on any atom is -0.361 e. The average molecular weight is 395 g/mol. The van der Waals surface area contributed by atoms with Gasteiger partial charge in [0.05, 0.1) is 0 Å². The summed E-state index contributed by atoms with van der Waals surface area (Å²) in [5, 5.41) is 10.2. The second-order valence-corrected chi connectivity index (χ2v) is 6.56. The van der Waals surface area contributed by atoms with Gasteiger partial charge in [-0.1, -0.05) is 18.2 Å². The van der Waals surface area contributed by atoms with Crippen molar-refractivity contribution >= 4 is 22.8 Å². The number of H-pyrrole nitrogens is 1. The van der Waals surface area contributed by atoms with Gasteiger partial charge in [0.15, 0.2) is 5.96 Å². The fourth-order valence-corrected chi connectivity index (χ4v) is 3.04. The number of aromatic nitrogens is 1. The molecule has 0 radical (unpaired) electrons. The van der Waals surface area contributed by atoms with Gasteiger partial charge >= 0.3 is 0 Å². The number of benzene rings is 2. The average Bonchev–Trinajstić information content (AvgIpc) is 3.13. The SMILES string of the molecule is CCNC(=NCCc1c[nH]c2ccc(F)cc12)NCCNC(=O)c1ccccc1. The Morgan fingerprint density at radius 2 is 1.86 bits per heavy atom. The number of halogens is 1. The van der Waals surface area contributed by atoms with Crippen LogP contribution >= 0.6 is 0 Å². The molecule has 1 aromatic heterocycles. The van der Waals surface area contributed by atoms with Gasteiger partial charge in [-0.25, -0.2) is 4.39 Å². The highest BCUT2D eigenvalue weighted by atomic mass is 19.1. The van der Waals surface area contributed by atoms with Crippen LogP contribution in [0, 0.1) is 5.82 Å². The number of aliphatic imine (C=N–C) groups is 1. The fourth-order valence-electron chi connectivity index (χ4n) is 3.04. The van der Waals surface area contributed by atoms with Crippen LogP contribution < -0.4 is 16.0 Å². The maximum absolute atomic E-state index is 13.5. The summed E-state index contributed by atoms with van der Waals surface area (Å²) in [4.78, 5) is 19.8. The predicted molar refractivity (Wildman–Crippen MR) is 115 cm³/mol. The molecule has 29 heavy (non-hydrogen) atoms. The fraction of sp³-hybridized carbons (Fsp3) is 0.273. The van der Waals surface area contributed by atoms with Crippen molar-refractivity contribution in [3.05, 3.63) is 71.7 Å². The molecule has 4 N–H and O–H groups in total. The van der Waals surface area contributed by atoms with Crippen LogP contribution in [0.2, 0.25) is 0 Å². The first-order valence-corrected chi connectivity index (χ1v) is 9.78. The molecule has 3 rings (SSSR count). The molecule has 0 aliphatic rings. The first-order valence-electron chi connectivity index (χ1n) is 9.78. The molecule has 1 amide bonds. The molecular formula is C22H26FN5O. The Hall–Kier alpha value is -3.35. The lowest BCUT2D eigenvalue weighted by Gasteiger charge is -2.12. The van der Waals surface area contributed by atoms with Crippen LogP contribution in [0.3, 0.4) is 0 Å². The molecule has 0 fully saturated rings. The number of nitrogens with zero attached hydrogens (tertiary/aromatic N) is 1. The van der Waals surface area contributed by atoms with Gasteiger partial charge in [-0.05, 0) is 49.2 Å². The van der Waals surface area contributed by atoms with Crippen molar-refractivity contribution < 1.29 is 9.18 Å². The minimum atomic E-state index is -0.241. The number of fused-ring (bicyclic) bond motifs is 1. The minimum absolute atomic E-state index is 0.0964. The summed E-state index contributed by atoms with van der Waals surface area (Å²) < 4.78 is 13.5. The van der Waals surface area contributed by atoms with Crippen molar-refractivity contribution in [3.63, 3.8) is 0 Å². The number of aromatic amines is 1. The first kappa shape index (κ1) is 20.4. The molecule has 3 aromatic rings. The van der Waals surface area contributed by atoms with E-state index in [2.05, 4.69) is 25.9 Å². The van der Waals surface area contributed by atoms with E-state index in [1.807, 2.05) is 31.3 Å². The van der Waals surface area contributed by atoms with E-state index in [1.165, 1.54) is 6.07 Å². The molecule has 0 spiro atoms. The van der Waals surface area contributed by atoms with E-state index in [0.29, 0.717) is 37.6 Å². The van der Waals surface area contributed by atoms with Crippen LogP contribution in [0.15, 0.2) is 59.7 Å². The Labute approximate surface area is 169 Å². The van der Waals surface area contributed by atoms with Crippen LogP contribution in [0.5, 0.6) is 0 Å². The standard InChI is InChI=1S/C22H26FN5O/c1-2-24-22(27-13-12-25-21(29)16-6-4-3-5-7-16)26-11-10-17-15-28-20-9-8-18(23)14-19(17)20/h3-9,14-15,28H,2,10-13H2,1H3,(H,25,29)(H2,24,26,27). The first-order chi connectivity index (χ1) is 14.2. The predicted octanol–water partition coefficient (Wildman–Crippen LogP) is 2.83. The van der Waals surface area contributed by atoms with Crippen molar-refractivity contribution in [3.8, 4) is 0 Å². The van der Waals surface area contributed by atoms with Crippen LogP contribution in [-0.2, 0) is 6.42 Å². The van der Waals surface area contributed by atoms with Crippen LogP contribution in [0.25, 0.3) is 10.9 Å². The number of hydrogen-bond donors (Lipinski definition) is 4. The summed E-state index contributed by atoms with van der Waals surface area (Å²) in [6, 6.07) is 13.9. The Morgan fingerprint density at radius 1 is 1.07 bits per heavy atom. The molecule has 0 bridgehead atoms. The van der Waals surface area contributed by atoms with Crippen molar-refractivity contribution in [1.82, 2.24) is 20.9 Å². The summed E-state index contributed by atoms with van der Waals surface area (Å²) >= 11 is 0. The molecule has 2 aromatic carbocycles. The van der Waals surface area contributed by atoms with Gasteiger partial charge in [0.2, 0.25) is 0 Å². The second kappa shape index (κ2) is 10.3. The van der Waals surface area contributed by atoms with Gasteiger partial charge in [-0.15, -0.1) is 0 Å². The largest absolute Gasteiger partial charge is 0.361 e. The van der Waals surface area contributed by atoms with Gasteiger partial charge in [0, 0.05) is 48.8 Å². The molecule has 0 unspecified atom stereocenters. The van der Waals surface area contributed by atoms with Gasteiger partial charge in [-0.2, -0.15) is 0 Å². The molecule has 0 aliphatic carbocycles. The Kier molecular flexibility index (Phi) is 7.22. The summed E-state index contributed by atoms with van der Waals surface area (Å²) in [5.74, 6) is 0.350. The molecule has 152 valence electrons. The van der Waals surface area contributed by atoms with Crippen molar-refractivity contribution in [1.29, 1.82) is 0 Å². The lowest BCUT2D eigenvalue weighted by atomic mass is 10.1. The maximum Gasteiger partial charge on any atom is 0.251 e. The highest BCUT2D eigenvalue weighted by Gasteiger charge is 2.06. The third-order valence-electron chi connectivity index (χ3n) is 4.46. The van der Waals surface area contributed by atoms with E-state index in [1.54, 1.807) is 24.3 Å². The van der Waals surface area contributed by atoms with E-state index in [-0.39, 0.29) is 11.7 Å². The Bertz CT molecular complexity index is 968. The van der Waals surface area contributed by atoms with Gasteiger partial charge in [-0.3, -0.25) is 9.79 Å². The summed E-state index contributed by atoms with van der Waals surface area (Å²) in [6.07, 6.45) is 2.60. The zero-order chi connectivity index (χ0) is 20.5. The summed E-state index contributed by atoms with van der Waals surface area (Å²) in [5.41, 5.74) is 2.60.